The Morgan fingerprint density at radius 1 is 1.24 bits per heavy atom. The number of amides is 1. The molecule has 1 amide bonds. The lowest BCUT2D eigenvalue weighted by Crippen LogP contribution is -2.27. The van der Waals surface area contributed by atoms with E-state index >= 15 is 0 Å². The predicted molar refractivity (Wildman–Crippen MR) is 112 cm³/mol. The average Bonchev–Trinajstić information content (AvgIpc) is 2.85. The largest absolute Gasteiger partial charge is 0.504 e. The molecule has 2 aromatic carbocycles. The summed E-state index contributed by atoms with van der Waals surface area (Å²) >= 11 is 13.4. The van der Waals surface area contributed by atoms with Gasteiger partial charge in [-0.05, 0) is 48.0 Å². The Morgan fingerprint density at radius 3 is 2.56 bits per heavy atom. The number of anilines is 1. The van der Waals surface area contributed by atoms with Crippen LogP contribution < -0.4 is 9.64 Å². The molecule has 1 aliphatic heterocycles. The summed E-state index contributed by atoms with van der Waals surface area (Å²) in [4.78, 5) is 14.8. The highest BCUT2D eigenvalue weighted by molar-refractivity contribution is 9.10. The summed E-state index contributed by atoms with van der Waals surface area (Å²) in [5, 5.41) is 9.80. The molecule has 0 spiro atoms. The summed E-state index contributed by atoms with van der Waals surface area (Å²) in [7, 11) is 1.47. The molecule has 0 radical (unpaired) electrons. The summed E-state index contributed by atoms with van der Waals surface area (Å²) < 4.78 is 7.18. The van der Waals surface area contributed by atoms with Gasteiger partial charge in [-0.1, -0.05) is 55.8 Å². The number of thioether (sulfide) groups is 1. The van der Waals surface area contributed by atoms with E-state index in [-0.39, 0.29) is 11.7 Å². The quantitative estimate of drug-likeness (QED) is 0.455. The lowest BCUT2D eigenvalue weighted by Gasteiger charge is -2.14. The molecule has 8 heteroatoms. The molecule has 2 aromatic rings. The van der Waals surface area contributed by atoms with E-state index in [1.165, 1.54) is 29.8 Å². The summed E-state index contributed by atoms with van der Waals surface area (Å²) in [6.45, 7) is 0. The predicted octanol–water partition coefficient (Wildman–Crippen LogP) is 5.33. The standard InChI is InChI=1S/C17H11Br2NO3S2/c1-23-14-6-9(12(19)8-13(14)21)7-15-16(22)20(17(24)25-15)11-4-2-10(18)3-5-11/h2-8,21H,1H3/b15-7-. The van der Waals surface area contributed by atoms with Gasteiger partial charge in [0.25, 0.3) is 5.91 Å². The first kappa shape index (κ1) is 18.4. The van der Waals surface area contributed by atoms with Crippen molar-refractivity contribution < 1.29 is 14.6 Å². The van der Waals surface area contributed by atoms with Gasteiger partial charge in [0.15, 0.2) is 15.8 Å². The summed E-state index contributed by atoms with van der Waals surface area (Å²) in [6.07, 6.45) is 1.73. The van der Waals surface area contributed by atoms with Crippen LogP contribution in [0.3, 0.4) is 0 Å². The highest BCUT2D eigenvalue weighted by Crippen LogP contribution is 2.39. The van der Waals surface area contributed by atoms with Gasteiger partial charge in [0.05, 0.1) is 17.7 Å². The second kappa shape index (κ2) is 7.49. The van der Waals surface area contributed by atoms with E-state index in [9.17, 15) is 9.90 Å². The molecule has 4 nitrogen and oxygen atoms in total. The molecule has 0 aromatic heterocycles. The van der Waals surface area contributed by atoms with Gasteiger partial charge in [-0.3, -0.25) is 9.69 Å². The van der Waals surface area contributed by atoms with Crippen LogP contribution in [0.5, 0.6) is 11.5 Å². The maximum atomic E-state index is 12.8. The third-order valence-electron chi connectivity index (χ3n) is 3.46. The Kier molecular flexibility index (Phi) is 5.52. The van der Waals surface area contributed by atoms with E-state index in [2.05, 4.69) is 31.9 Å². The smallest absolute Gasteiger partial charge is 0.270 e. The van der Waals surface area contributed by atoms with Crippen LogP contribution in [0, 0.1) is 0 Å². The maximum Gasteiger partial charge on any atom is 0.270 e. The molecule has 0 saturated carbocycles. The highest BCUT2D eigenvalue weighted by atomic mass is 79.9. The summed E-state index contributed by atoms with van der Waals surface area (Å²) in [5.74, 6) is 0.169. The van der Waals surface area contributed by atoms with E-state index in [4.69, 9.17) is 17.0 Å². The fourth-order valence-corrected chi connectivity index (χ4v) is 4.25. The van der Waals surface area contributed by atoms with Crippen LogP contribution in [0.4, 0.5) is 5.69 Å². The molecule has 1 N–H and O–H groups in total. The molecule has 0 atom stereocenters. The van der Waals surface area contributed by atoms with Crippen molar-refractivity contribution in [2.24, 2.45) is 0 Å². The van der Waals surface area contributed by atoms with Gasteiger partial charge in [-0.2, -0.15) is 0 Å². The van der Waals surface area contributed by atoms with E-state index < -0.39 is 0 Å². The van der Waals surface area contributed by atoms with E-state index in [0.29, 0.717) is 25.0 Å². The van der Waals surface area contributed by atoms with Crippen molar-refractivity contribution in [3.8, 4) is 11.5 Å². The minimum Gasteiger partial charge on any atom is -0.504 e. The van der Waals surface area contributed by atoms with Crippen LogP contribution >= 0.6 is 55.8 Å². The van der Waals surface area contributed by atoms with Crippen molar-refractivity contribution in [1.29, 1.82) is 0 Å². The Balaban J connectivity index is 1.97. The van der Waals surface area contributed by atoms with Crippen LogP contribution in [0.1, 0.15) is 5.56 Å². The maximum absolute atomic E-state index is 12.8. The topological polar surface area (TPSA) is 49.8 Å². The van der Waals surface area contributed by atoms with E-state index in [1.54, 1.807) is 12.1 Å². The average molecular weight is 501 g/mol. The fraction of sp³-hybridized carbons (Fsp3) is 0.0588. The number of rotatable bonds is 3. The number of aromatic hydroxyl groups is 1. The van der Waals surface area contributed by atoms with Crippen molar-refractivity contribution in [3.63, 3.8) is 0 Å². The number of halogens is 2. The molecule has 128 valence electrons. The number of carbonyl (C=O) groups excluding carboxylic acids is 1. The second-order valence-electron chi connectivity index (χ2n) is 5.04. The van der Waals surface area contributed by atoms with Crippen molar-refractivity contribution in [2.45, 2.75) is 0 Å². The van der Waals surface area contributed by atoms with Gasteiger partial charge in [-0.15, -0.1) is 0 Å². The second-order valence-corrected chi connectivity index (χ2v) is 8.48. The summed E-state index contributed by atoms with van der Waals surface area (Å²) in [6, 6.07) is 10.6. The number of carbonyl (C=O) groups is 1. The zero-order valence-corrected chi connectivity index (χ0v) is 17.6. The number of benzene rings is 2. The molecule has 1 saturated heterocycles. The van der Waals surface area contributed by atoms with Crippen molar-refractivity contribution in [3.05, 3.63) is 55.8 Å². The fourth-order valence-electron chi connectivity index (χ4n) is 2.25. The number of hydrogen-bond donors (Lipinski definition) is 1. The third-order valence-corrected chi connectivity index (χ3v) is 5.98. The molecule has 1 aliphatic rings. The number of phenolic OH excluding ortho intramolecular Hbond substituents is 1. The number of ether oxygens (including phenoxy) is 1. The van der Waals surface area contributed by atoms with Gasteiger partial charge in [0.1, 0.15) is 0 Å². The van der Waals surface area contributed by atoms with E-state index in [1.807, 2.05) is 24.3 Å². The molecule has 1 heterocycles. The number of hydrogen-bond acceptors (Lipinski definition) is 5. The minimum atomic E-state index is -0.184. The van der Waals surface area contributed by atoms with Crippen molar-refractivity contribution >= 4 is 77.8 Å². The number of nitrogens with zero attached hydrogens (tertiary/aromatic N) is 1. The van der Waals surface area contributed by atoms with Crippen LogP contribution in [-0.2, 0) is 4.79 Å². The first-order valence-electron chi connectivity index (χ1n) is 7.00. The molecular formula is C17H11Br2NO3S2. The zero-order chi connectivity index (χ0) is 18.1. The monoisotopic (exact) mass is 499 g/mol. The van der Waals surface area contributed by atoms with Crippen molar-refractivity contribution in [1.82, 2.24) is 0 Å². The van der Waals surface area contributed by atoms with Gasteiger partial charge in [0, 0.05) is 8.95 Å². The zero-order valence-electron chi connectivity index (χ0n) is 12.8. The molecule has 3 rings (SSSR count). The SMILES string of the molecule is COc1cc(/C=C2\SC(=S)N(c3ccc(Br)cc3)C2=O)c(Br)cc1O. The Labute approximate surface area is 171 Å². The molecule has 0 bridgehead atoms. The van der Waals surface area contributed by atoms with Gasteiger partial charge < -0.3 is 9.84 Å². The lowest BCUT2D eigenvalue weighted by molar-refractivity contribution is -0.113. The Hall–Kier alpha value is -1.35. The number of phenols is 1. The van der Waals surface area contributed by atoms with Crippen LogP contribution in [0.2, 0.25) is 0 Å². The van der Waals surface area contributed by atoms with Crippen LogP contribution in [-0.4, -0.2) is 22.4 Å². The highest BCUT2D eigenvalue weighted by Gasteiger charge is 2.33. The number of thiocarbonyl (C=S) groups is 1. The van der Waals surface area contributed by atoms with Gasteiger partial charge in [-0.25, -0.2) is 0 Å². The molecular weight excluding hydrogens is 490 g/mol. The molecule has 0 unspecified atom stereocenters. The van der Waals surface area contributed by atoms with Gasteiger partial charge >= 0.3 is 0 Å². The van der Waals surface area contributed by atoms with Crippen LogP contribution in [0.25, 0.3) is 6.08 Å². The molecule has 25 heavy (non-hydrogen) atoms. The molecule has 0 aliphatic carbocycles. The van der Waals surface area contributed by atoms with Crippen LogP contribution in [0.15, 0.2) is 50.2 Å². The third kappa shape index (κ3) is 3.76. The minimum absolute atomic E-state index is 0.0222. The lowest BCUT2D eigenvalue weighted by atomic mass is 10.2. The first-order chi connectivity index (χ1) is 11.9. The van der Waals surface area contributed by atoms with Gasteiger partial charge in [0.2, 0.25) is 0 Å². The normalized spacial score (nSPS) is 16.0. The van der Waals surface area contributed by atoms with Crippen molar-refractivity contribution in [2.75, 3.05) is 12.0 Å². The Morgan fingerprint density at radius 2 is 1.92 bits per heavy atom. The number of methoxy groups -OCH3 is 1. The van der Waals surface area contributed by atoms with E-state index in [0.717, 1.165) is 10.2 Å². The summed E-state index contributed by atoms with van der Waals surface area (Å²) in [5.41, 5.74) is 1.43. The Bertz CT molecular complexity index is 898. The molecule has 1 fully saturated rings. The first-order valence-corrected chi connectivity index (χ1v) is 9.82.